The third-order valence-electron chi connectivity index (χ3n) is 3.56. The SMILES string of the molecule is CCOC(=O)c1ccc2sc(=P(O)(CC)CC)c(=O)[nH]c2c1. The summed E-state index contributed by atoms with van der Waals surface area (Å²) in [4.78, 5) is 37.5. The second-order valence-corrected chi connectivity index (χ2v) is 9.76. The summed E-state index contributed by atoms with van der Waals surface area (Å²) in [6, 6.07) is 5.07. The number of fused-ring (bicyclic) bond motifs is 1. The summed E-state index contributed by atoms with van der Waals surface area (Å²) in [7, 11) is -2.38. The van der Waals surface area contributed by atoms with Crippen LogP contribution >= 0.6 is 18.4 Å². The molecule has 7 heteroatoms. The molecule has 1 aromatic heterocycles. The Hall–Kier alpha value is -1.36. The van der Waals surface area contributed by atoms with Crippen molar-refractivity contribution >= 4 is 34.6 Å². The minimum Gasteiger partial charge on any atom is -0.462 e. The minimum atomic E-state index is -2.38. The molecular weight excluding hydrogens is 321 g/mol. The summed E-state index contributed by atoms with van der Waals surface area (Å²) in [6.07, 6.45) is 1.16. The zero-order valence-electron chi connectivity index (χ0n) is 12.9. The van der Waals surface area contributed by atoms with Crippen LogP contribution in [0.4, 0.5) is 0 Å². The Labute approximate surface area is 132 Å². The lowest BCUT2D eigenvalue weighted by atomic mass is 10.2. The zero-order valence-corrected chi connectivity index (χ0v) is 14.6. The van der Waals surface area contributed by atoms with Crippen molar-refractivity contribution in [3.63, 3.8) is 0 Å². The highest BCUT2D eigenvalue weighted by molar-refractivity contribution is 7.65. The number of carbonyl (C=O) groups excluding carboxylic acids is 1. The molecule has 1 aromatic carbocycles. The molecule has 2 aromatic rings. The highest BCUT2D eigenvalue weighted by atomic mass is 32.1. The second kappa shape index (κ2) is 6.82. The van der Waals surface area contributed by atoms with Crippen molar-refractivity contribution in [3.8, 4) is 0 Å². The van der Waals surface area contributed by atoms with Gasteiger partial charge in [-0.1, -0.05) is 13.8 Å². The van der Waals surface area contributed by atoms with Crippen molar-refractivity contribution in [1.29, 1.82) is 0 Å². The molecule has 5 nitrogen and oxygen atoms in total. The molecule has 0 aliphatic heterocycles. The van der Waals surface area contributed by atoms with E-state index in [1.807, 2.05) is 13.8 Å². The Morgan fingerprint density at radius 1 is 1.32 bits per heavy atom. The number of benzene rings is 1. The maximum atomic E-state index is 12.3. The van der Waals surface area contributed by atoms with Crippen LogP contribution < -0.4 is 5.56 Å². The molecule has 22 heavy (non-hydrogen) atoms. The molecule has 0 fully saturated rings. The third-order valence-corrected chi connectivity index (χ3v) is 8.86. The topological polar surface area (TPSA) is 79.4 Å². The smallest absolute Gasteiger partial charge is 0.338 e. The number of carbonyl (C=O) groups is 1. The van der Waals surface area contributed by atoms with Crippen molar-refractivity contribution in [2.24, 2.45) is 0 Å². The predicted molar refractivity (Wildman–Crippen MR) is 91.9 cm³/mol. The average Bonchev–Trinajstić information content (AvgIpc) is 2.53. The van der Waals surface area contributed by atoms with Crippen LogP contribution in [-0.2, 0) is 4.74 Å². The Morgan fingerprint density at radius 2 is 2.00 bits per heavy atom. The highest BCUT2D eigenvalue weighted by Crippen LogP contribution is 2.45. The number of esters is 1. The molecule has 1 heterocycles. The molecule has 2 rings (SSSR count). The van der Waals surface area contributed by atoms with Gasteiger partial charge in [0.25, 0.3) is 5.56 Å². The third kappa shape index (κ3) is 3.19. The van der Waals surface area contributed by atoms with E-state index in [9.17, 15) is 14.5 Å². The number of aromatic amines is 1. The molecule has 0 atom stereocenters. The molecule has 0 saturated carbocycles. The van der Waals surface area contributed by atoms with Crippen LogP contribution in [0.25, 0.3) is 10.2 Å². The van der Waals surface area contributed by atoms with Crippen molar-refractivity contribution in [1.82, 2.24) is 4.98 Å². The van der Waals surface area contributed by atoms with Crippen molar-refractivity contribution < 1.29 is 14.4 Å². The maximum absolute atomic E-state index is 12.3. The Kier molecular flexibility index (Phi) is 5.27. The van der Waals surface area contributed by atoms with E-state index in [4.69, 9.17) is 4.74 Å². The van der Waals surface area contributed by atoms with Gasteiger partial charge in [0, 0.05) is 7.11 Å². The lowest BCUT2D eigenvalue weighted by Crippen LogP contribution is -2.09. The second-order valence-electron chi connectivity index (χ2n) is 4.85. The number of aromatic nitrogens is 1. The molecular formula is C15H20NO4PS. The summed E-state index contributed by atoms with van der Waals surface area (Å²) in [5.41, 5.74) is 0.724. The molecule has 0 bridgehead atoms. The van der Waals surface area contributed by atoms with Crippen LogP contribution in [0.2, 0.25) is 0 Å². The van der Waals surface area contributed by atoms with E-state index < -0.39 is 13.1 Å². The number of hydrogen-bond donors (Lipinski definition) is 2. The summed E-state index contributed by atoms with van der Waals surface area (Å²) in [5.74, 6) is -0.412. The monoisotopic (exact) mass is 341 g/mol. The molecule has 0 aliphatic rings. The summed E-state index contributed by atoms with van der Waals surface area (Å²) < 4.78 is 6.30. The fraction of sp³-hybridized carbons (Fsp3) is 0.400. The largest absolute Gasteiger partial charge is 0.462 e. The number of H-pyrrole nitrogens is 1. The van der Waals surface area contributed by atoms with E-state index in [1.54, 1.807) is 25.1 Å². The number of rotatable bonds is 4. The lowest BCUT2D eigenvalue weighted by Gasteiger charge is -2.14. The Morgan fingerprint density at radius 3 is 2.59 bits per heavy atom. The molecule has 0 radical (unpaired) electrons. The first-order chi connectivity index (χ1) is 10.4. The Bertz CT molecular complexity index is 844. The van der Waals surface area contributed by atoms with E-state index in [1.165, 1.54) is 11.3 Å². The molecule has 0 saturated heterocycles. The summed E-state index contributed by atoms with van der Waals surface area (Å²) in [6.45, 7) is 5.85. The summed E-state index contributed by atoms with van der Waals surface area (Å²) >= 11 is 1.31. The lowest BCUT2D eigenvalue weighted by molar-refractivity contribution is 0.0526. The quantitative estimate of drug-likeness (QED) is 0.661. The number of nitrogens with one attached hydrogen (secondary N) is 1. The Balaban J connectivity index is 2.71. The van der Waals surface area contributed by atoms with Gasteiger partial charge in [0.2, 0.25) is 0 Å². The van der Waals surface area contributed by atoms with Crippen LogP contribution in [0.1, 0.15) is 31.1 Å². The first-order valence-electron chi connectivity index (χ1n) is 7.22. The fourth-order valence-electron chi connectivity index (χ4n) is 2.17. The van der Waals surface area contributed by atoms with Crippen molar-refractivity contribution in [2.45, 2.75) is 20.8 Å². The van der Waals surface area contributed by atoms with Gasteiger partial charge in [-0.15, -0.1) is 11.3 Å². The van der Waals surface area contributed by atoms with Gasteiger partial charge in [0.1, 0.15) is 4.25 Å². The average molecular weight is 341 g/mol. The number of ether oxygens (including phenoxy) is 1. The van der Waals surface area contributed by atoms with E-state index in [2.05, 4.69) is 4.98 Å². The minimum absolute atomic E-state index is 0.266. The van der Waals surface area contributed by atoms with E-state index in [0.29, 0.717) is 34.3 Å². The van der Waals surface area contributed by atoms with Gasteiger partial charge in [0.15, 0.2) is 0 Å². The van der Waals surface area contributed by atoms with Gasteiger partial charge in [0.05, 0.1) is 22.4 Å². The van der Waals surface area contributed by atoms with Gasteiger partial charge < -0.3 is 14.6 Å². The maximum Gasteiger partial charge on any atom is 0.338 e. The first kappa shape index (κ1) is 17.0. The van der Waals surface area contributed by atoms with Crippen LogP contribution in [0, 0.1) is 4.25 Å². The predicted octanol–water partition coefficient (Wildman–Crippen LogP) is 3.26. The molecule has 2 N–H and O–H groups in total. The molecule has 120 valence electrons. The molecule has 0 aliphatic carbocycles. The van der Waals surface area contributed by atoms with Crippen LogP contribution in [0.5, 0.6) is 0 Å². The number of hydrogen-bond acceptors (Lipinski definition) is 5. The van der Waals surface area contributed by atoms with Crippen LogP contribution in [-0.4, -0.2) is 34.8 Å². The normalized spacial score (nSPS) is 11.6. The van der Waals surface area contributed by atoms with Gasteiger partial charge in [-0.25, -0.2) is 4.79 Å². The first-order valence-corrected chi connectivity index (χ1v) is 10.2. The van der Waals surface area contributed by atoms with Gasteiger partial charge >= 0.3 is 5.97 Å². The summed E-state index contributed by atoms with van der Waals surface area (Å²) in [5, 5.41) is 0. The van der Waals surface area contributed by atoms with E-state index in [-0.39, 0.29) is 5.56 Å². The highest BCUT2D eigenvalue weighted by Gasteiger charge is 2.14. The van der Waals surface area contributed by atoms with Gasteiger partial charge in [-0.2, -0.15) is 0 Å². The molecule has 0 amide bonds. The molecule has 0 spiro atoms. The standard InChI is InChI=1S/C15H20NO4PS/c1-4-20-14(18)10-7-8-12-11(9-10)16-13(17)15(22-12)21(19,5-2)6-3/h7-9,19H,4-6H2,1-3H3,(H,16,17). The van der Waals surface area contributed by atoms with Crippen molar-refractivity contribution in [3.05, 3.63) is 38.4 Å². The van der Waals surface area contributed by atoms with Crippen LogP contribution in [0.3, 0.4) is 0 Å². The van der Waals surface area contributed by atoms with Crippen LogP contribution in [0.15, 0.2) is 23.0 Å². The van der Waals surface area contributed by atoms with Crippen molar-refractivity contribution in [2.75, 3.05) is 18.9 Å². The molecule has 0 unspecified atom stereocenters. The van der Waals surface area contributed by atoms with E-state index >= 15 is 0 Å². The van der Waals surface area contributed by atoms with Gasteiger partial charge in [-0.05, 0) is 37.4 Å². The van der Waals surface area contributed by atoms with E-state index in [0.717, 1.165) is 4.70 Å². The van der Waals surface area contributed by atoms with Gasteiger partial charge in [-0.3, -0.25) is 4.79 Å². The fourth-order valence-corrected chi connectivity index (χ4v) is 6.08. The zero-order chi connectivity index (χ0) is 16.3.